The fraction of sp³-hybridized carbons (Fsp3) is 0.556. The summed E-state index contributed by atoms with van der Waals surface area (Å²) in [6.07, 6.45) is 6.97. The lowest BCUT2D eigenvalue weighted by molar-refractivity contribution is 0.0889. The molecule has 62 valence electrons. The first-order chi connectivity index (χ1) is 5.31. The number of nitrogens with one attached hydrogen (secondary N) is 1. The van der Waals surface area contributed by atoms with E-state index in [0.29, 0.717) is 13.2 Å². The molecular formula is C9H15NO. The van der Waals surface area contributed by atoms with Crippen LogP contribution in [0.15, 0.2) is 12.7 Å². The molecule has 0 bridgehead atoms. The molecule has 0 radical (unpaired) electrons. The first kappa shape index (κ1) is 10.2. The summed E-state index contributed by atoms with van der Waals surface area (Å²) in [7, 11) is 0. The standard InChI is InChI=1S/C9H15NO/c1-4-6-10-8-9(3)11-7-5-2/h1,5,9-10H,2,6-8H2,3H3. The summed E-state index contributed by atoms with van der Waals surface area (Å²) in [5.74, 6) is 2.49. The van der Waals surface area contributed by atoms with E-state index in [2.05, 4.69) is 17.8 Å². The molecule has 0 aliphatic heterocycles. The number of hydrogen-bond donors (Lipinski definition) is 1. The summed E-state index contributed by atoms with van der Waals surface area (Å²) < 4.78 is 5.29. The van der Waals surface area contributed by atoms with Crippen LogP contribution in [-0.4, -0.2) is 25.8 Å². The van der Waals surface area contributed by atoms with Crippen LogP contribution in [0.3, 0.4) is 0 Å². The van der Waals surface area contributed by atoms with Crippen LogP contribution in [0.5, 0.6) is 0 Å². The highest BCUT2D eigenvalue weighted by Gasteiger charge is 1.97. The Hall–Kier alpha value is -0.780. The molecule has 0 heterocycles. The van der Waals surface area contributed by atoms with E-state index < -0.39 is 0 Å². The molecule has 1 unspecified atom stereocenters. The minimum atomic E-state index is 0.196. The van der Waals surface area contributed by atoms with Gasteiger partial charge in [0, 0.05) is 6.54 Å². The molecule has 0 amide bonds. The predicted octanol–water partition coefficient (Wildman–Crippen LogP) is 0.800. The second-order valence-electron chi connectivity index (χ2n) is 2.27. The third-order valence-corrected chi connectivity index (χ3v) is 1.16. The van der Waals surface area contributed by atoms with Crippen molar-refractivity contribution in [1.82, 2.24) is 5.32 Å². The third-order valence-electron chi connectivity index (χ3n) is 1.16. The Kier molecular flexibility index (Phi) is 6.81. The molecule has 0 aliphatic carbocycles. The van der Waals surface area contributed by atoms with Crippen molar-refractivity contribution >= 4 is 0 Å². The van der Waals surface area contributed by atoms with Crippen LogP contribution < -0.4 is 5.32 Å². The minimum absolute atomic E-state index is 0.196. The van der Waals surface area contributed by atoms with Crippen molar-refractivity contribution in [3.05, 3.63) is 12.7 Å². The summed E-state index contributed by atoms with van der Waals surface area (Å²) in [5.41, 5.74) is 0. The van der Waals surface area contributed by atoms with Crippen molar-refractivity contribution in [2.24, 2.45) is 0 Å². The van der Waals surface area contributed by atoms with E-state index in [9.17, 15) is 0 Å². The Morgan fingerprint density at radius 2 is 2.55 bits per heavy atom. The van der Waals surface area contributed by atoms with E-state index in [1.54, 1.807) is 6.08 Å². The fourth-order valence-corrected chi connectivity index (χ4v) is 0.639. The molecule has 0 aromatic heterocycles. The van der Waals surface area contributed by atoms with E-state index in [4.69, 9.17) is 11.2 Å². The van der Waals surface area contributed by atoms with Gasteiger partial charge in [0.15, 0.2) is 0 Å². The van der Waals surface area contributed by atoms with E-state index >= 15 is 0 Å². The monoisotopic (exact) mass is 153 g/mol. The quantitative estimate of drug-likeness (QED) is 0.346. The lowest BCUT2D eigenvalue weighted by Crippen LogP contribution is -2.27. The molecule has 1 atom stereocenters. The predicted molar refractivity (Wildman–Crippen MR) is 47.3 cm³/mol. The second-order valence-corrected chi connectivity index (χ2v) is 2.27. The number of rotatable bonds is 6. The zero-order valence-corrected chi connectivity index (χ0v) is 6.97. The number of terminal acetylenes is 1. The smallest absolute Gasteiger partial charge is 0.0675 e. The normalized spacial score (nSPS) is 12.0. The van der Waals surface area contributed by atoms with E-state index in [0.717, 1.165) is 6.54 Å². The third kappa shape index (κ3) is 7.11. The van der Waals surface area contributed by atoms with Gasteiger partial charge in [-0.3, -0.25) is 0 Å². The lowest BCUT2D eigenvalue weighted by Gasteiger charge is -2.10. The summed E-state index contributed by atoms with van der Waals surface area (Å²) in [4.78, 5) is 0. The van der Waals surface area contributed by atoms with Gasteiger partial charge in [-0.25, -0.2) is 0 Å². The van der Waals surface area contributed by atoms with Crippen molar-refractivity contribution in [1.29, 1.82) is 0 Å². The van der Waals surface area contributed by atoms with E-state index in [1.807, 2.05) is 6.92 Å². The fourth-order valence-electron chi connectivity index (χ4n) is 0.639. The van der Waals surface area contributed by atoms with Crippen LogP contribution in [-0.2, 0) is 4.74 Å². The average Bonchev–Trinajstić information content (AvgIpc) is 2.01. The molecule has 2 heteroatoms. The molecule has 0 spiro atoms. The van der Waals surface area contributed by atoms with E-state index in [1.165, 1.54) is 0 Å². The Morgan fingerprint density at radius 3 is 3.09 bits per heavy atom. The summed E-state index contributed by atoms with van der Waals surface area (Å²) in [5, 5.41) is 3.05. The molecule has 0 fully saturated rings. The molecule has 0 rings (SSSR count). The molecule has 0 saturated carbocycles. The van der Waals surface area contributed by atoms with Crippen LogP contribution in [0, 0.1) is 12.3 Å². The van der Waals surface area contributed by atoms with Crippen molar-refractivity contribution < 1.29 is 4.74 Å². The van der Waals surface area contributed by atoms with Crippen LogP contribution in [0.25, 0.3) is 0 Å². The van der Waals surface area contributed by atoms with Gasteiger partial charge in [0.1, 0.15) is 0 Å². The van der Waals surface area contributed by atoms with Gasteiger partial charge >= 0.3 is 0 Å². The Morgan fingerprint density at radius 1 is 1.82 bits per heavy atom. The first-order valence-corrected chi connectivity index (χ1v) is 3.68. The zero-order chi connectivity index (χ0) is 8.53. The Labute approximate surface area is 68.6 Å². The van der Waals surface area contributed by atoms with Gasteiger partial charge in [-0.05, 0) is 6.92 Å². The summed E-state index contributed by atoms with van der Waals surface area (Å²) >= 11 is 0. The highest BCUT2D eigenvalue weighted by molar-refractivity contribution is 4.86. The average molecular weight is 153 g/mol. The Bertz CT molecular complexity index is 137. The van der Waals surface area contributed by atoms with Gasteiger partial charge in [0.25, 0.3) is 0 Å². The lowest BCUT2D eigenvalue weighted by atomic mass is 10.4. The van der Waals surface area contributed by atoms with Crippen molar-refractivity contribution in [3.8, 4) is 12.3 Å². The van der Waals surface area contributed by atoms with Gasteiger partial charge in [0.05, 0.1) is 19.3 Å². The maximum atomic E-state index is 5.29. The van der Waals surface area contributed by atoms with Gasteiger partial charge in [0.2, 0.25) is 0 Å². The molecule has 11 heavy (non-hydrogen) atoms. The highest BCUT2D eigenvalue weighted by atomic mass is 16.5. The van der Waals surface area contributed by atoms with Crippen molar-refractivity contribution in [2.45, 2.75) is 13.0 Å². The molecule has 0 aromatic rings. The molecule has 0 saturated heterocycles. The molecular weight excluding hydrogens is 138 g/mol. The highest BCUT2D eigenvalue weighted by Crippen LogP contribution is 1.87. The van der Waals surface area contributed by atoms with E-state index in [-0.39, 0.29) is 6.10 Å². The van der Waals surface area contributed by atoms with Crippen molar-refractivity contribution in [3.63, 3.8) is 0 Å². The van der Waals surface area contributed by atoms with Crippen LogP contribution >= 0.6 is 0 Å². The van der Waals surface area contributed by atoms with Crippen LogP contribution in [0.4, 0.5) is 0 Å². The topological polar surface area (TPSA) is 21.3 Å². The molecule has 1 N–H and O–H groups in total. The molecule has 2 nitrogen and oxygen atoms in total. The van der Waals surface area contributed by atoms with Gasteiger partial charge in [-0.15, -0.1) is 13.0 Å². The summed E-state index contributed by atoms with van der Waals surface area (Å²) in [6.45, 7) is 7.53. The number of ether oxygens (including phenoxy) is 1. The van der Waals surface area contributed by atoms with Crippen LogP contribution in [0.1, 0.15) is 6.92 Å². The van der Waals surface area contributed by atoms with Gasteiger partial charge in [-0.2, -0.15) is 0 Å². The molecule has 0 aromatic carbocycles. The SMILES string of the molecule is C#CCNCC(C)OCC=C. The Balaban J connectivity index is 3.16. The summed E-state index contributed by atoms with van der Waals surface area (Å²) in [6, 6.07) is 0. The maximum absolute atomic E-state index is 5.29. The molecule has 0 aliphatic rings. The van der Waals surface area contributed by atoms with Crippen molar-refractivity contribution in [2.75, 3.05) is 19.7 Å². The minimum Gasteiger partial charge on any atom is -0.373 e. The largest absolute Gasteiger partial charge is 0.373 e. The van der Waals surface area contributed by atoms with Gasteiger partial charge in [-0.1, -0.05) is 12.0 Å². The first-order valence-electron chi connectivity index (χ1n) is 3.68. The second kappa shape index (κ2) is 7.33. The number of hydrogen-bond acceptors (Lipinski definition) is 2. The van der Waals surface area contributed by atoms with Gasteiger partial charge < -0.3 is 10.1 Å². The zero-order valence-electron chi connectivity index (χ0n) is 6.97. The van der Waals surface area contributed by atoms with Crippen LogP contribution in [0.2, 0.25) is 0 Å². The maximum Gasteiger partial charge on any atom is 0.0675 e.